The number of nitrogens with zero attached hydrogens (tertiary/aromatic N) is 5. The molecule has 22 heteroatoms. The fourth-order valence-corrected chi connectivity index (χ4v) is 7.22. The summed E-state index contributed by atoms with van der Waals surface area (Å²) in [6.07, 6.45) is 0. The predicted octanol–water partition coefficient (Wildman–Crippen LogP) is 3.40. The summed E-state index contributed by atoms with van der Waals surface area (Å²) in [5.41, 5.74) is -0.220. The van der Waals surface area contributed by atoms with Gasteiger partial charge in [-0.1, -0.05) is 103 Å². The van der Waals surface area contributed by atoms with Crippen LogP contribution in [0.4, 0.5) is 34.1 Å². The number of aliphatic hydroxyl groups excluding tert-OH is 1. The molecule has 0 bridgehead atoms. The number of allylic oxidation sites excluding steroid dienone is 2. The number of aliphatic imine (C=N–C) groups is 1. The average Bonchev–Trinajstić information content (AvgIpc) is 3.26. The summed E-state index contributed by atoms with van der Waals surface area (Å²) in [5.74, 6) is -4.06. The molecule has 0 aliphatic carbocycles. The number of hydrogen-bond acceptors (Lipinski definition) is 15. The van der Waals surface area contributed by atoms with Crippen LogP contribution in [0.3, 0.4) is 0 Å². The van der Waals surface area contributed by atoms with Crippen LogP contribution in [0.2, 0.25) is 0 Å². The third-order valence-electron chi connectivity index (χ3n) is 8.16. The van der Waals surface area contributed by atoms with Crippen molar-refractivity contribution in [3.8, 4) is 11.5 Å². The number of nitrogens with one attached hydrogen (secondary N) is 3. The maximum atomic E-state index is 12.6. The van der Waals surface area contributed by atoms with Crippen LogP contribution in [-0.4, -0.2) is 33.7 Å². The molecule has 4 N–H and O–H groups in total. The summed E-state index contributed by atoms with van der Waals surface area (Å²) in [5, 5.41) is 75.5. The summed E-state index contributed by atoms with van der Waals surface area (Å²) >= 11 is 0. The van der Waals surface area contributed by atoms with E-state index in [-0.39, 0.29) is 67.5 Å². The van der Waals surface area contributed by atoms with E-state index in [1.165, 1.54) is 6.92 Å². The van der Waals surface area contributed by atoms with Gasteiger partial charge in [0, 0.05) is 23.0 Å². The molecule has 0 heterocycles. The van der Waals surface area contributed by atoms with Crippen molar-refractivity contribution in [2.24, 2.45) is 25.4 Å². The molecule has 0 aliphatic rings. The number of sulfonamides is 2. The monoisotopic (exact) mass is 982 g/mol. The van der Waals surface area contributed by atoms with E-state index in [0.717, 1.165) is 43.3 Å². The number of carbonyl (C=O) groups is 1. The van der Waals surface area contributed by atoms with Crippen LogP contribution in [0, 0.1) is 0 Å². The molecule has 0 spiro atoms. The molecule has 0 radical (unpaired) electrons. The molecule has 6 aromatic rings. The van der Waals surface area contributed by atoms with Gasteiger partial charge in [-0.25, -0.2) is 16.8 Å². The molecular formula is C44H36CoN8NaO10S2. The number of amides is 1. The van der Waals surface area contributed by atoms with E-state index in [4.69, 9.17) is 0 Å². The Morgan fingerprint density at radius 2 is 0.939 bits per heavy atom. The predicted molar refractivity (Wildman–Crippen MR) is 232 cm³/mol. The minimum absolute atomic E-state index is 0. The number of rotatable bonds is 14. The minimum Gasteiger partial charge on any atom is -0.874 e. The first-order chi connectivity index (χ1) is 30.5. The Morgan fingerprint density at radius 1 is 0.561 bits per heavy atom. The number of para-hydroxylation sites is 4. The molecule has 0 unspecified atom stereocenters. The minimum atomic E-state index is -4.01. The van der Waals surface area contributed by atoms with Crippen LogP contribution < -0.4 is 64.7 Å². The first-order valence-corrected chi connectivity index (χ1v) is 21.6. The van der Waals surface area contributed by atoms with Gasteiger partial charge in [0.05, 0.1) is 32.6 Å². The van der Waals surface area contributed by atoms with Gasteiger partial charge in [-0.15, -0.1) is 10.9 Å². The van der Waals surface area contributed by atoms with Crippen LogP contribution in [0.5, 0.6) is 11.5 Å². The second-order valence-electron chi connectivity index (χ2n) is 13.0. The SMILES string of the molecule is CC(O)=C(N=Nc1cc(S(=O)(=O)Nc2ccccc2)ccc1[O-])C(=O)Nc1ccccc1.CC([O-])=C(N=Nc1cc(S(=O)(=O)Nc2ccccc2)ccc1[O-])C([O-])=Nc1ccccc1.[Co+3].[Na+]. The summed E-state index contributed by atoms with van der Waals surface area (Å²) < 4.78 is 55.2. The van der Waals surface area contributed by atoms with Gasteiger partial charge in [-0.3, -0.25) is 19.2 Å². The van der Waals surface area contributed by atoms with E-state index in [2.05, 4.69) is 40.2 Å². The Morgan fingerprint density at radius 3 is 1.33 bits per heavy atom. The van der Waals surface area contributed by atoms with Crippen LogP contribution in [0.25, 0.3) is 0 Å². The number of anilines is 3. The molecule has 1 amide bonds. The van der Waals surface area contributed by atoms with E-state index in [0.29, 0.717) is 22.7 Å². The summed E-state index contributed by atoms with van der Waals surface area (Å²) in [7, 11) is -8.01. The van der Waals surface area contributed by atoms with Crippen molar-refractivity contribution in [1.29, 1.82) is 0 Å². The zero-order valence-electron chi connectivity index (χ0n) is 35.0. The first kappa shape index (κ1) is 53.5. The molecule has 6 rings (SSSR count). The molecule has 0 saturated heterocycles. The molecule has 0 fully saturated rings. The fourth-order valence-electron chi connectivity index (χ4n) is 5.06. The third-order valence-corrected chi connectivity index (χ3v) is 10.9. The van der Waals surface area contributed by atoms with Crippen LogP contribution in [0.1, 0.15) is 13.8 Å². The standard InChI is InChI=1S/2C22H20N4O5S.Co.Na/c2*1-15(27)21(22(29)23-16-8-4-2-5-9-16)25-24-19-14-18(12-13-20(19)28)32(30,31)26-17-10-6-3-7-11-17;;/h2*2-14,26-28H,1H3,(H,23,29);;/q;;+3;+1/p-4. The fraction of sp³-hybridized carbons (Fsp3) is 0.0455. The van der Waals surface area contributed by atoms with E-state index < -0.39 is 66.3 Å². The molecule has 6 aromatic carbocycles. The Labute approximate surface area is 412 Å². The van der Waals surface area contributed by atoms with Crippen molar-refractivity contribution in [2.45, 2.75) is 23.6 Å². The largest absolute Gasteiger partial charge is 3.00 e. The van der Waals surface area contributed by atoms with E-state index in [1.54, 1.807) is 121 Å². The van der Waals surface area contributed by atoms with Gasteiger partial charge in [-0.05, 0) is 79.7 Å². The Hall–Kier alpha value is -6.85. The average molecular weight is 983 g/mol. The van der Waals surface area contributed by atoms with Gasteiger partial charge in [0.1, 0.15) is 5.76 Å². The first-order valence-electron chi connectivity index (χ1n) is 18.6. The van der Waals surface area contributed by atoms with Crippen LogP contribution in [0.15, 0.2) is 216 Å². The van der Waals surface area contributed by atoms with Crippen molar-refractivity contribution in [3.63, 3.8) is 0 Å². The summed E-state index contributed by atoms with van der Waals surface area (Å²) in [4.78, 5) is 15.8. The summed E-state index contributed by atoms with van der Waals surface area (Å²) in [6.45, 7) is 2.34. The molecule has 0 aromatic heterocycles. The van der Waals surface area contributed by atoms with Gasteiger partial charge in [0.25, 0.3) is 26.0 Å². The van der Waals surface area contributed by atoms with Crippen molar-refractivity contribution in [3.05, 3.63) is 181 Å². The van der Waals surface area contributed by atoms with Gasteiger partial charge in [-0.2, -0.15) is 15.3 Å². The zero-order chi connectivity index (χ0) is 46.3. The second kappa shape index (κ2) is 25.0. The van der Waals surface area contributed by atoms with Crippen LogP contribution in [-0.2, 0) is 41.6 Å². The smallest absolute Gasteiger partial charge is 0.874 e. The maximum Gasteiger partial charge on any atom is 3.00 e. The molecule has 66 heavy (non-hydrogen) atoms. The molecule has 0 atom stereocenters. The second-order valence-corrected chi connectivity index (χ2v) is 16.4. The Balaban J connectivity index is 0.000000340. The van der Waals surface area contributed by atoms with Crippen molar-refractivity contribution in [2.75, 3.05) is 14.8 Å². The van der Waals surface area contributed by atoms with E-state index in [9.17, 15) is 47.2 Å². The summed E-state index contributed by atoms with van der Waals surface area (Å²) in [6, 6.07) is 39.5. The zero-order valence-corrected chi connectivity index (χ0v) is 39.7. The number of carbonyl (C=O) groups excluding carboxylic acids is 1. The van der Waals surface area contributed by atoms with Gasteiger partial charge in [0.2, 0.25) is 0 Å². The van der Waals surface area contributed by atoms with Crippen molar-refractivity contribution < 1.29 is 93.5 Å². The number of aliphatic hydroxyl groups is 1. The van der Waals surface area contributed by atoms with Gasteiger partial charge < -0.3 is 30.8 Å². The Bertz CT molecular complexity index is 2980. The molecule has 0 saturated carbocycles. The van der Waals surface area contributed by atoms with Crippen molar-refractivity contribution >= 4 is 66.0 Å². The quantitative estimate of drug-likeness (QED) is 0.0308. The van der Waals surface area contributed by atoms with Gasteiger partial charge >= 0.3 is 46.3 Å². The molecule has 18 nitrogen and oxygen atoms in total. The molecular weight excluding hydrogens is 947 g/mol. The van der Waals surface area contributed by atoms with E-state index in [1.807, 2.05) is 0 Å². The number of azo groups is 2. The van der Waals surface area contributed by atoms with Gasteiger partial charge in [0.15, 0.2) is 5.70 Å². The number of benzene rings is 6. The van der Waals surface area contributed by atoms with Crippen molar-refractivity contribution in [1.82, 2.24) is 0 Å². The Kier molecular flexibility index (Phi) is 20.3. The third kappa shape index (κ3) is 15.7. The normalized spacial score (nSPS) is 12.3. The van der Waals surface area contributed by atoms with E-state index >= 15 is 0 Å². The molecule has 0 aliphatic heterocycles. The molecule has 334 valence electrons. The number of hydrogen-bond donors (Lipinski definition) is 4. The topological polar surface area (TPSA) is 296 Å². The maximum absolute atomic E-state index is 12.6. The van der Waals surface area contributed by atoms with Crippen LogP contribution >= 0.6 is 0 Å².